The first-order valence-electron chi connectivity index (χ1n) is 13.4. The van der Waals surface area contributed by atoms with Gasteiger partial charge < -0.3 is 16.2 Å². The number of nitrogens with zero attached hydrogens (tertiary/aromatic N) is 6. The van der Waals surface area contributed by atoms with Gasteiger partial charge in [-0.25, -0.2) is 22.9 Å². The Balaban J connectivity index is 1.38. The van der Waals surface area contributed by atoms with Crippen molar-refractivity contribution in [3.8, 4) is 22.6 Å². The fraction of sp³-hybridized carbons (Fsp3) is 0.100. The fourth-order valence-corrected chi connectivity index (χ4v) is 5.91. The third-order valence-corrected chi connectivity index (χ3v) is 8.37. The average Bonchev–Trinajstić information content (AvgIpc) is 3.38. The molecule has 2 aromatic carbocycles. The summed E-state index contributed by atoms with van der Waals surface area (Å²) in [6, 6.07) is 17.2. The number of phenolic OH excluding ortho intramolecular Hbond substituents is 1. The minimum absolute atomic E-state index is 0.0359. The lowest BCUT2D eigenvalue weighted by molar-refractivity contribution is 0.475. The van der Waals surface area contributed by atoms with Crippen molar-refractivity contribution in [2.24, 2.45) is 0 Å². The van der Waals surface area contributed by atoms with Gasteiger partial charge in [0.05, 0.1) is 34.1 Å². The Morgan fingerprint density at radius 1 is 1.00 bits per heavy atom. The zero-order chi connectivity index (χ0) is 31.0. The van der Waals surface area contributed by atoms with E-state index < -0.39 is 16.1 Å². The van der Waals surface area contributed by atoms with Crippen LogP contribution in [-0.2, 0) is 10.0 Å². The van der Waals surface area contributed by atoms with Crippen LogP contribution >= 0.6 is 0 Å². The van der Waals surface area contributed by atoms with Gasteiger partial charge in [-0.15, -0.1) is 0 Å². The van der Waals surface area contributed by atoms with E-state index in [0.717, 1.165) is 5.56 Å². The van der Waals surface area contributed by atoms with E-state index in [0.29, 0.717) is 34.0 Å². The van der Waals surface area contributed by atoms with E-state index in [9.17, 15) is 18.3 Å². The number of rotatable bonds is 8. The van der Waals surface area contributed by atoms with Crippen LogP contribution in [0.1, 0.15) is 24.4 Å². The van der Waals surface area contributed by atoms with Gasteiger partial charge in [-0.3, -0.25) is 19.1 Å². The molecule has 0 aliphatic heterocycles. The zero-order valence-corrected chi connectivity index (χ0v) is 24.4. The zero-order valence-electron chi connectivity index (χ0n) is 23.6. The number of pyridine rings is 1. The second kappa shape index (κ2) is 11.1. The maximum Gasteiger partial charge on any atom is 0.282 e. The van der Waals surface area contributed by atoms with Gasteiger partial charge in [0.25, 0.3) is 15.6 Å². The third-order valence-electron chi connectivity index (χ3n) is 6.97. The highest BCUT2D eigenvalue weighted by Gasteiger charge is 2.23. The molecule has 6 aromatic rings. The summed E-state index contributed by atoms with van der Waals surface area (Å²) in [6.07, 6.45) is 5.90. The van der Waals surface area contributed by atoms with Crippen molar-refractivity contribution in [2.75, 3.05) is 15.8 Å². The maximum atomic E-state index is 13.8. The number of aryl methyl sites for hydroxylation is 1. The first kappa shape index (κ1) is 28.4. The molecule has 4 heterocycles. The quantitative estimate of drug-likeness (QED) is 0.197. The van der Waals surface area contributed by atoms with Crippen LogP contribution < -0.4 is 21.3 Å². The minimum atomic E-state index is -3.98. The third kappa shape index (κ3) is 5.29. The minimum Gasteiger partial charge on any atom is -0.508 e. The lowest BCUT2D eigenvalue weighted by atomic mass is 10.1. The van der Waals surface area contributed by atoms with E-state index in [4.69, 9.17) is 10.8 Å². The molecule has 0 aliphatic rings. The van der Waals surface area contributed by atoms with Gasteiger partial charge >= 0.3 is 0 Å². The molecule has 13 nitrogen and oxygen atoms in total. The normalized spacial score (nSPS) is 12.2. The number of nitrogens with one attached hydrogen (secondary N) is 2. The Morgan fingerprint density at radius 2 is 1.75 bits per heavy atom. The molecule has 0 bridgehead atoms. The molecule has 222 valence electrons. The Morgan fingerprint density at radius 3 is 2.50 bits per heavy atom. The van der Waals surface area contributed by atoms with Crippen LogP contribution in [-0.4, -0.2) is 42.7 Å². The van der Waals surface area contributed by atoms with Crippen molar-refractivity contribution < 1.29 is 13.5 Å². The molecule has 0 spiro atoms. The monoisotopic (exact) mass is 609 g/mol. The second-order valence-corrected chi connectivity index (χ2v) is 11.7. The van der Waals surface area contributed by atoms with Gasteiger partial charge in [0.15, 0.2) is 5.82 Å². The van der Waals surface area contributed by atoms with Gasteiger partial charge in [-0.1, -0.05) is 18.2 Å². The van der Waals surface area contributed by atoms with Crippen molar-refractivity contribution in [3.05, 3.63) is 113 Å². The van der Waals surface area contributed by atoms with Gasteiger partial charge in [0.1, 0.15) is 29.2 Å². The number of aromatic hydroxyl groups is 1. The van der Waals surface area contributed by atoms with Crippen LogP contribution in [0.2, 0.25) is 0 Å². The summed E-state index contributed by atoms with van der Waals surface area (Å²) in [5.74, 6) is 0.810. The van der Waals surface area contributed by atoms with Gasteiger partial charge in [-0.05, 0) is 67.9 Å². The maximum absolute atomic E-state index is 13.8. The smallest absolute Gasteiger partial charge is 0.282 e. The highest BCUT2D eigenvalue weighted by Crippen LogP contribution is 2.34. The standard InChI is InChI=1S/C30H27N9O4S/c1-18-12-13-38-26(18)30(41)39(22-6-4-3-5-7-22)29(36-38)19(2)35-28-25(27(31)33-17-34-28)20-14-21(16-32-15-20)37-44(42,43)24-10-8-23(40)9-11-24/h3-17,19,37,40H,1-2H3,(H3,31,33,34,35). The SMILES string of the molecule is Cc1ccn2nc(C(C)Nc3ncnc(N)c3-c3cncc(NS(=O)(=O)c4ccc(O)cc4)c3)n(-c3ccccc3)c(=O)c12. The molecule has 1 unspecified atom stereocenters. The van der Waals surface area contributed by atoms with E-state index in [1.165, 1.54) is 43.0 Å². The van der Waals surface area contributed by atoms with E-state index in [1.54, 1.807) is 21.3 Å². The number of aromatic nitrogens is 6. The van der Waals surface area contributed by atoms with Crippen LogP contribution in [0.25, 0.3) is 22.3 Å². The summed E-state index contributed by atoms with van der Waals surface area (Å²) in [5, 5.41) is 17.6. The lowest BCUT2D eigenvalue weighted by Gasteiger charge is -2.21. The molecule has 0 aliphatic carbocycles. The van der Waals surface area contributed by atoms with Crippen LogP contribution in [0.15, 0.2) is 101 Å². The predicted molar refractivity (Wildman–Crippen MR) is 166 cm³/mol. The van der Waals surface area contributed by atoms with Crippen molar-refractivity contribution in [1.29, 1.82) is 0 Å². The molecular weight excluding hydrogens is 582 g/mol. The highest BCUT2D eigenvalue weighted by atomic mass is 32.2. The number of nitrogen functional groups attached to an aromatic ring is 1. The second-order valence-electron chi connectivity index (χ2n) is 10.0. The van der Waals surface area contributed by atoms with Crippen LogP contribution in [0.4, 0.5) is 17.3 Å². The van der Waals surface area contributed by atoms with E-state index in [-0.39, 0.29) is 27.7 Å². The molecule has 1 atom stereocenters. The van der Waals surface area contributed by atoms with Crippen LogP contribution in [0, 0.1) is 6.92 Å². The fourth-order valence-electron chi connectivity index (χ4n) is 4.87. The molecule has 0 amide bonds. The van der Waals surface area contributed by atoms with Crippen molar-refractivity contribution >= 4 is 32.9 Å². The Kier molecular flexibility index (Phi) is 7.19. The average molecular weight is 610 g/mol. The Bertz CT molecular complexity index is 2160. The summed E-state index contributed by atoms with van der Waals surface area (Å²) in [4.78, 5) is 26.5. The number of para-hydroxylation sites is 1. The predicted octanol–water partition coefficient (Wildman–Crippen LogP) is 3.91. The first-order valence-corrected chi connectivity index (χ1v) is 14.9. The molecule has 0 saturated heterocycles. The van der Waals surface area contributed by atoms with Crippen LogP contribution in [0.3, 0.4) is 0 Å². The largest absolute Gasteiger partial charge is 0.508 e. The van der Waals surface area contributed by atoms with Crippen LogP contribution in [0.5, 0.6) is 5.75 Å². The molecule has 0 saturated carbocycles. The molecule has 6 rings (SSSR count). The van der Waals surface area contributed by atoms with E-state index in [2.05, 4.69) is 25.0 Å². The molecular formula is C30H27N9O4S. The number of benzene rings is 2. The summed E-state index contributed by atoms with van der Waals surface area (Å²) in [5.41, 5.74) is 9.00. The number of hydrogen-bond donors (Lipinski definition) is 4. The van der Waals surface area contributed by atoms with Crippen molar-refractivity contribution in [1.82, 2.24) is 29.1 Å². The van der Waals surface area contributed by atoms with E-state index >= 15 is 0 Å². The molecule has 14 heteroatoms. The number of nitrogens with two attached hydrogens (primary N) is 1. The number of anilines is 3. The lowest BCUT2D eigenvalue weighted by Crippen LogP contribution is -2.29. The van der Waals surface area contributed by atoms with Crippen molar-refractivity contribution in [3.63, 3.8) is 0 Å². The first-order chi connectivity index (χ1) is 21.1. The molecule has 44 heavy (non-hydrogen) atoms. The molecule has 0 fully saturated rings. The summed E-state index contributed by atoms with van der Waals surface area (Å²) >= 11 is 0. The van der Waals surface area contributed by atoms with Gasteiger partial charge in [0.2, 0.25) is 0 Å². The number of sulfonamides is 1. The molecule has 4 aromatic heterocycles. The molecule has 0 radical (unpaired) electrons. The van der Waals surface area contributed by atoms with Gasteiger partial charge in [0, 0.05) is 18.0 Å². The topological polar surface area (TPSA) is 182 Å². The Labute approximate surface area is 251 Å². The van der Waals surface area contributed by atoms with Gasteiger partial charge in [-0.2, -0.15) is 5.10 Å². The summed E-state index contributed by atoms with van der Waals surface area (Å²) < 4.78 is 31.5. The highest BCUT2D eigenvalue weighted by molar-refractivity contribution is 7.92. The summed E-state index contributed by atoms with van der Waals surface area (Å²) in [6.45, 7) is 3.70. The van der Waals surface area contributed by atoms with E-state index in [1.807, 2.05) is 50.2 Å². The van der Waals surface area contributed by atoms with Crippen molar-refractivity contribution in [2.45, 2.75) is 24.8 Å². The Hall–Kier alpha value is -5.76. The summed E-state index contributed by atoms with van der Waals surface area (Å²) in [7, 11) is -3.98. The number of fused-ring (bicyclic) bond motifs is 1. The number of phenols is 1. The molecule has 5 N–H and O–H groups in total. The number of hydrogen-bond acceptors (Lipinski definition) is 10.